The Morgan fingerprint density at radius 1 is 1.39 bits per heavy atom. The molecule has 122 valence electrons. The van der Waals surface area contributed by atoms with Gasteiger partial charge in [0.2, 0.25) is 5.91 Å². The predicted octanol–water partition coefficient (Wildman–Crippen LogP) is 1.32. The van der Waals surface area contributed by atoms with Gasteiger partial charge in [0.15, 0.2) is 0 Å². The number of nitrogens with zero attached hydrogens (tertiary/aromatic N) is 5. The molecular formula is C17H23N5O. The largest absolute Gasteiger partial charge is 0.336 e. The zero-order valence-corrected chi connectivity index (χ0v) is 14.0. The lowest BCUT2D eigenvalue weighted by Gasteiger charge is -2.22. The third kappa shape index (κ3) is 3.27. The van der Waals surface area contributed by atoms with E-state index < -0.39 is 0 Å². The molecule has 0 aliphatic carbocycles. The normalized spacial score (nSPS) is 14.7. The number of aryl methyl sites for hydroxylation is 1. The summed E-state index contributed by atoms with van der Waals surface area (Å²) in [6.07, 6.45) is 5.53. The number of carbonyl (C=O) groups is 1. The molecule has 0 saturated carbocycles. The first kappa shape index (κ1) is 15.7. The van der Waals surface area contributed by atoms with E-state index in [1.165, 1.54) is 5.56 Å². The quantitative estimate of drug-likeness (QED) is 0.857. The number of amides is 1. The van der Waals surface area contributed by atoms with Gasteiger partial charge in [0.25, 0.3) is 0 Å². The molecule has 0 aromatic carbocycles. The Hall–Kier alpha value is -2.21. The van der Waals surface area contributed by atoms with Crippen LogP contribution in [0.5, 0.6) is 0 Å². The highest BCUT2D eigenvalue weighted by Crippen LogP contribution is 2.28. The molecule has 0 atom stereocenters. The van der Waals surface area contributed by atoms with Crippen LogP contribution < -0.4 is 0 Å². The van der Waals surface area contributed by atoms with Crippen molar-refractivity contribution in [1.82, 2.24) is 24.6 Å². The lowest BCUT2D eigenvalue weighted by molar-refractivity contribution is -0.132. The Morgan fingerprint density at radius 3 is 2.91 bits per heavy atom. The molecule has 2 aromatic rings. The number of carbonyl (C=O) groups excluding carboxylic acids is 1. The Morgan fingerprint density at radius 2 is 2.22 bits per heavy atom. The highest BCUT2D eigenvalue weighted by atomic mass is 16.2. The van der Waals surface area contributed by atoms with E-state index in [2.05, 4.69) is 10.1 Å². The van der Waals surface area contributed by atoms with E-state index in [-0.39, 0.29) is 5.91 Å². The van der Waals surface area contributed by atoms with E-state index in [9.17, 15) is 4.79 Å². The molecule has 3 rings (SSSR count). The average Bonchev–Trinajstić information content (AvgIpc) is 2.72. The molecule has 1 aliphatic rings. The molecule has 0 bridgehead atoms. The summed E-state index contributed by atoms with van der Waals surface area (Å²) in [5.74, 6) is 0.173. The Kier molecular flexibility index (Phi) is 4.43. The third-order valence-electron chi connectivity index (χ3n) is 4.21. The van der Waals surface area contributed by atoms with Crippen molar-refractivity contribution in [3.05, 3.63) is 35.8 Å². The average molecular weight is 313 g/mol. The molecule has 6 heteroatoms. The van der Waals surface area contributed by atoms with E-state index in [0.29, 0.717) is 13.1 Å². The van der Waals surface area contributed by atoms with Crippen LogP contribution in [0, 0.1) is 0 Å². The van der Waals surface area contributed by atoms with Crippen molar-refractivity contribution in [3.63, 3.8) is 0 Å². The third-order valence-corrected chi connectivity index (χ3v) is 4.21. The molecule has 0 saturated heterocycles. The zero-order valence-electron chi connectivity index (χ0n) is 14.0. The molecule has 0 N–H and O–H groups in total. The summed E-state index contributed by atoms with van der Waals surface area (Å²) in [6, 6.07) is 3.97. The number of likely N-dealkylation sites (N-methyl/N-ethyl adjacent to an activating group) is 1. The van der Waals surface area contributed by atoms with Gasteiger partial charge in [-0.3, -0.25) is 14.5 Å². The maximum atomic E-state index is 12.4. The summed E-state index contributed by atoms with van der Waals surface area (Å²) in [4.78, 5) is 20.5. The van der Waals surface area contributed by atoms with Crippen LogP contribution in [0.25, 0.3) is 11.3 Å². The van der Waals surface area contributed by atoms with Crippen LogP contribution in [-0.4, -0.2) is 57.7 Å². The molecule has 1 aliphatic heterocycles. The summed E-state index contributed by atoms with van der Waals surface area (Å²) < 4.78 is 1.92. The van der Waals surface area contributed by atoms with Gasteiger partial charge >= 0.3 is 0 Å². The van der Waals surface area contributed by atoms with Crippen LogP contribution in [0.2, 0.25) is 0 Å². The number of fused-ring (bicyclic) bond motifs is 1. The fraction of sp³-hybridized carbons (Fsp3) is 0.471. The number of hydrogen-bond acceptors (Lipinski definition) is 4. The van der Waals surface area contributed by atoms with E-state index in [4.69, 9.17) is 0 Å². The molecule has 0 radical (unpaired) electrons. The van der Waals surface area contributed by atoms with Gasteiger partial charge in [-0.15, -0.1) is 0 Å². The van der Waals surface area contributed by atoms with E-state index in [1.54, 1.807) is 6.20 Å². The molecule has 23 heavy (non-hydrogen) atoms. The lowest BCUT2D eigenvalue weighted by atomic mass is 10.0. The van der Waals surface area contributed by atoms with Crippen LogP contribution in [-0.2, 0) is 24.8 Å². The standard InChI is InChI=1S/C17H23N5O/c1-20(2)12-16(23)22-9-5-7-14-15(11-22)21(3)19-17(14)13-6-4-8-18-10-13/h4,6,8,10H,5,7,9,11-12H2,1-3H3. The molecule has 6 nitrogen and oxygen atoms in total. The second-order valence-electron chi connectivity index (χ2n) is 6.30. The second kappa shape index (κ2) is 6.50. The first-order valence-electron chi connectivity index (χ1n) is 7.94. The monoisotopic (exact) mass is 313 g/mol. The van der Waals surface area contributed by atoms with Crippen molar-refractivity contribution in [1.29, 1.82) is 0 Å². The van der Waals surface area contributed by atoms with Crippen LogP contribution in [0.1, 0.15) is 17.7 Å². The zero-order chi connectivity index (χ0) is 16.4. The SMILES string of the molecule is CN(C)CC(=O)N1CCCc2c(-c3cccnc3)nn(C)c2C1. The maximum Gasteiger partial charge on any atom is 0.237 e. The number of hydrogen-bond donors (Lipinski definition) is 0. The van der Waals surface area contributed by atoms with Crippen molar-refractivity contribution >= 4 is 5.91 Å². The van der Waals surface area contributed by atoms with Gasteiger partial charge in [0.1, 0.15) is 0 Å². The minimum absolute atomic E-state index is 0.173. The first-order valence-corrected chi connectivity index (χ1v) is 7.94. The fourth-order valence-electron chi connectivity index (χ4n) is 3.09. The van der Waals surface area contributed by atoms with Crippen LogP contribution in [0.15, 0.2) is 24.5 Å². The molecule has 3 heterocycles. The van der Waals surface area contributed by atoms with Crippen molar-refractivity contribution in [2.24, 2.45) is 7.05 Å². The van der Waals surface area contributed by atoms with Gasteiger partial charge in [-0.25, -0.2) is 0 Å². The predicted molar refractivity (Wildman–Crippen MR) is 88.7 cm³/mol. The fourth-order valence-corrected chi connectivity index (χ4v) is 3.09. The topological polar surface area (TPSA) is 54.3 Å². The van der Waals surface area contributed by atoms with Crippen LogP contribution in [0.3, 0.4) is 0 Å². The van der Waals surface area contributed by atoms with Gasteiger partial charge < -0.3 is 9.80 Å². The lowest BCUT2D eigenvalue weighted by Crippen LogP contribution is -2.37. The first-order chi connectivity index (χ1) is 11.1. The van der Waals surface area contributed by atoms with Crippen molar-refractivity contribution in [2.75, 3.05) is 27.2 Å². The van der Waals surface area contributed by atoms with E-state index >= 15 is 0 Å². The molecule has 0 fully saturated rings. The van der Waals surface area contributed by atoms with Gasteiger partial charge in [0, 0.05) is 37.1 Å². The number of pyridine rings is 1. The molecule has 2 aromatic heterocycles. The Bertz CT molecular complexity index is 693. The number of aromatic nitrogens is 3. The summed E-state index contributed by atoms with van der Waals surface area (Å²) in [6.45, 7) is 1.88. The summed E-state index contributed by atoms with van der Waals surface area (Å²) in [7, 11) is 5.80. The summed E-state index contributed by atoms with van der Waals surface area (Å²) in [5.41, 5.74) is 4.42. The minimum atomic E-state index is 0.173. The van der Waals surface area contributed by atoms with Crippen LogP contribution in [0.4, 0.5) is 0 Å². The van der Waals surface area contributed by atoms with Crippen molar-refractivity contribution in [2.45, 2.75) is 19.4 Å². The van der Waals surface area contributed by atoms with E-state index in [1.807, 2.05) is 54.0 Å². The van der Waals surface area contributed by atoms with Gasteiger partial charge in [0.05, 0.1) is 24.5 Å². The maximum absolute atomic E-state index is 12.4. The molecule has 0 unspecified atom stereocenters. The smallest absolute Gasteiger partial charge is 0.237 e. The highest BCUT2D eigenvalue weighted by molar-refractivity contribution is 5.78. The van der Waals surface area contributed by atoms with Gasteiger partial charge in [-0.2, -0.15) is 5.10 Å². The molecular weight excluding hydrogens is 290 g/mol. The van der Waals surface area contributed by atoms with Crippen molar-refractivity contribution < 1.29 is 4.79 Å². The van der Waals surface area contributed by atoms with E-state index in [0.717, 1.165) is 36.3 Å². The Labute approximate surface area is 136 Å². The highest BCUT2D eigenvalue weighted by Gasteiger charge is 2.25. The Balaban J connectivity index is 1.91. The van der Waals surface area contributed by atoms with Crippen molar-refractivity contribution in [3.8, 4) is 11.3 Å². The second-order valence-corrected chi connectivity index (χ2v) is 6.30. The molecule has 0 spiro atoms. The van der Waals surface area contributed by atoms with Crippen LogP contribution >= 0.6 is 0 Å². The molecule has 1 amide bonds. The minimum Gasteiger partial charge on any atom is -0.336 e. The number of rotatable bonds is 3. The van der Waals surface area contributed by atoms with Gasteiger partial charge in [-0.05, 0) is 39.1 Å². The summed E-state index contributed by atoms with van der Waals surface area (Å²) in [5, 5.41) is 4.69. The summed E-state index contributed by atoms with van der Waals surface area (Å²) >= 11 is 0. The van der Waals surface area contributed by atoms with Gasteiger partial charge in [-0.1, -0.05) is 0 Å².